The molecule has 2 aromatic rings. The topological polar surface area (TPSA) is 102 Å². The molecule has 7 nitrogen and oxygen atoms in total. The highest BCUT2D eigenvalue weighted by Crippen LogP contribution is 2.14. The number of nitrogens with zero attached hydrogens (tertiary/aromatic N) is 3. The van der Waals surface area contributed by atoms with Gasteiger partial charge in [-0.15, -0.1) is 0 Å². The van der Waals surface area contributed by atoms with Gasteiger partial charge in [0.05, 0.1) is 22.8 Å². The normalized spacial score (nSPS) is 11.5. The highest BCUT2D eigenvalue weighted by Gasteiger charge is 2.17. The smallest absolute Gasteiger partial charge is 0.335 e. The van der Waals surface area contributed by atoms with Crippen LogP contribution < -0.4 is 0 Å². The summed E-state index contributed by atoms with van der Waals surface area (Å²) in [7, 11) is -3.57. The molecule has 8 heteroatoms. The Morgan fingerprint density at radius 1 is 1.33 bits per heavy atom. The van der Waals surface area contributed by atoms with Crippen LogP contribution in [-0.4, -0.2) is 40.0 Å². The number of sulfone groups is 1. The van der Waals surface area contributed by atoms with E-state index >= 15 is 0 Å². The van der Waals surface area contributed by atoms with Crippen LogP contribution in [0, 0.1) is 13.8 Å². The highest BCUT2D eigenvalue weighted by atomic mass is 32.2. The number of benzene rings is 1. The summed E-state index contributed by atoms with van der Waals surface area (Å²) < 4.78 is 26.0. The van der Waals surface area contributed by atoms with Gasteiger partial charge in [0, 0.05) is 0 Å². The molecule has 112 valence electrons. The van der Waals surface area contributed by atoms with E-state index in [1.54, 1.807) is 13.8 Å². The average Bonchev–Trinajstić information content (AvgIpc) is 2.75. The van der Waals surface area contributed by atoms with E-state index in [4.69, 9.17) is 5.11 Å². The molecule has 0 radical (unpaired) electrons. The SMILES string of the molecule is Cc1nc(C)n(CCS(=O)(=O)c2cccc(C(=O)O)c2)n1. The van der Waals surface area contributed by atoms with Gasteiger partial charge in [0.2, 0.25) is 0 Å². The summed E-state index contributed by atoms with van der Waals surface area (Å²) in [5, 5.41) is 13.0. The summed E-state index contributed by atoms with van der Waals surface area (Å²) in [5.41, 5.74) is -0.0520. The molecule has 1 heterocycles. The Bertz CT molecular complexity index is 780. The standard InChI is InChI=1S/C13H15N3O4S/c1-9-14-10(2)16(15-9)6-7-21(19,20)12-5-3-4-11(8-12)13(17)18/h3-5,8H,6-7H2,1-2H3,(H,17,18). The van der Waals surface area contributed by atoms with E-state index in [1.165, 1.54) is 22.9 Å². The number of aromatic carboxylic acids is 1. The van der Waals surface area contributed by atoms with Crippen LogP contribution in [0.2, 0.25) is 0 Å². The largest absolute Gasteiger partial charge is 0.478 e. The Hall–Kier alpha value is -2.22. The molecule has 21 heavy (non-hydrogen) atoms. The molecule has 0 aliphatic rings. The monoisotopic (exact) mass is 309 g/mol. The molecule has 0 atom stereocenters. The van der Waals surface area contributed by atoms with Crippen LogP contribution in [0.1, 0.15) is 22.0 Å². The van der Waals surface area contributed by atoms with Gasteiger partial charge in [-0.1, -0.05) is 6.07 Å². The Balaban J connectivity index is 2.20. The molecule has 0 saturated carbocycles. The van der Waals surface area contributed by atoms with Gasteiger partial charge in [-0.25, -0.2) is 22.9 Å². The lowest BCUT2D eigenvalue weighted by molar-refractivity contribution is 0.0696. The van der Waals surface area contributed by atoms with Crippen molar-refractivity contribution in [3.8, 4) is 0 Å². The molecule has 0 fully saturated rings. The zero-order chi connectivity index (χ0) is 15.6. The fourth-order valence-corrected chi connectivity index (χ4v) is 3.16. The number of aryl methyl sites for hydroxylation is 3. The molecular weight excluding hydrogens is 294 g/mol. The van der Waals surface area contributed by atoms with Gasteiger partial charge in [-0.2, -0.15) is 5.10 Å². The first-order chi connectivity index (χ1) is 9.79. The van der Waals surface area contributed by atoms with Gasteiger partial charge >= 0.3 is 5.97 Å². The number of carboxylic acids is 1. The maximum atomic E-state index is 12.2. The van der Waals surface area contributed by atoms with Crippen molar-refractivity contribution < 1.29 is 18.3 Å². The van der Waals surface area contributed by atoms with Gasteiger partial charge < -0.3 is 5.11 Å². The number of hydrogen-bond acceptors (Lipinski definition) is 5. The van der Waals surface area contributed by atoms with Crippen LogP contribution in [0.15, 0.2) is 29.2 Å². The van der Waals surface area contributed by atoms with Crippen LogP contribution in [0.4, 0.5) is 0 Å². The second-order valence-electron chi connectivity index (χ2n) is 4.58. The summed E-state index contributed by atoms with van der Waals surface area (Å²) in [6, 6.07) is 5.33. The first kappa shape index (κ1) is 15.2. The minimum absolute atomic E-state index is 0.00288. The summed E-state index contributed by atoms with van der Waals surface area (Å²) >= 11 is 0. The molecule has 0 saturated heterocycles. The maximum Gasteiger partial charge on any atom is 0.335 e. The number of hydrogen-bond donors (Lipinski definition) is 1. The molecule has 0 aliphatic heterocycles. The second-order valence-corrected chi connectivity index (χ2v) is 6.69. The van der Waals surface area contributed by atoms with Gasteiger partial charge in [-0.05, 0) is 32.0 Å². The number of aromatic nitrogens is 3. The highest BCUT2D eigenvalue weighted by molar-refractivity contribution is 7.91. The van der Waals surface area contributed by atoms with Crippen molar-refractivity contribution in [3.63, 3.8) is 0 Å². The van der Waals surface area contributed by atoms with E-state index in [2.05, 4.69) is 10.1 Å². The summed E-state index contributed by atoms with van der Waals surface area (Å²) in [6.07, 6.45) is 0. The molecule has 0 bridgehead atoms. The number of carboxylic acid groups (broad SMARTS) is 1. The predicted octanol–water partition coefficient (Wildman–Crippen LogP) is 1.07. The fraction of sp³-hybridized carbons (Fsp3) is 0.308. The van der Waals surface area contributed by atoms with Crippen molar-refractivity contribution >= 4 is 15.8 Å². The first-order valence-electron chi connectivity index (χ1n) is 6.24. The molecule has 2 rings (SSSR count). The molecule has 1 aromatic carbocycles. The van der Waals surface area contributed by atoms with Crippen LogP contribution in [0.25, 0.3) is 0 Å². The Morgan fingerprint density at radius 3 is 2.62 bits per heavy atom. The van der Waals surface area contributed by atoms with Crippen LogP contribution in [0.3, 0.4) is 0 Å². The van der Waals surface area contributed by atoms with Gasteiger partial charge in [0.25, 0.3) is 0 Å². The molecule has 0 spiro atoms. The van der Waals surface area contributed by atoms with E-state index in [0.717, 1.165) is 6.07 Å². The Labute approximate surface area is 122 Å². The quantitative estimate of drug-likeness (QED) is 0.886. The zero-order valence-corrected chi connectivity index (χ0v) is 12.5. The van der Waals surface area contributed by atoms with E-state index in [0.29, 0.717) is 11.6 Å². The summed E-state index contributed by atoms with van der Waals surface area (Å²) in [6.45, 7) is 3.65. The van der Waals surface area contributed by atoms with E-state index in [9.17, 15) is 13.2 Å². The molecule has 0 unspecified atom stereocenters. The molecule has 0 aliphatic carbocycles. The number of rotatable bonds is 5. The second kappa shape index (κ2) is 5.65. The average molecular weight is 309 g/mol. The van der Waals surface area contributed by atoms with Crippen molar-refractivity contribution in [2.24, 2.45) is 0 Å². The lowest BCUT2D eigenvalue weighted by Gasteiger charge is -2.06. The third kappa shape index (κ3) is 3.46. The van der Waals surface area contributed by atoms with E-state index in [1.807, 2.05) is 0 Å². The fourth-order valence-electron chi connectivity index (χ4n) is 1.92. The molecule has 0 amide bonds. The Morgan fingerprint density at radius 2 is 2.05 bits per heavy atom. The third-order valence-corrected chi connectivity index (χ3v) is 4.67. The molecule has 1 N–H and O–H groups in total. The lowest BCUT2D eigenvalue weighted by Crippen LogP contribution is -2.15. The van der Waals surface area contributed by atoms with Crippen molar-refractivity contribution in [2.45, 2.75) is 25.3 Å². The van der Waals surface area contributed by atoms with Crippen molar-refractivity contribution in [3.05, 3.63) is 41.5 Å². The predicted molar refractivity (Wildman–Crippen MR) is 75.0 cm³/mol. The van der Waals surface area contributed by atoms with E-state index in [-0.39, 0.29) is 22.8 Å². The van der Waals surface area contributed by atoms with E-state index < -0.39 is 15.8 Å². The number of carbonyl (C=O) groups is 1. The summed E-state index contributed by atoms with van der Waals surface area (Å²) in [4.78, 5) is 15.0. The molecular formula is C13H15N3O4S. The first-order valence-corrected chi connectivity index (χ1v) is 7.89. The van der Waals surface area contributed by atoms with Gasteiger partial charge in [0.1, 0.15) is 11.6 Å². The van der Waals surface area contributed by atoms with Crippen LogP contribution >= 0.6 is 0 Å². The van der Waals surface area contributed by atoms with Crippen molar-refractivity contribution in [1.82, 2.24) is 14.8 Å². The maximum absolute atomic E-state index is 12.2. The molecule has 1 aromatic heterocycles. The summed E-state index contributed by atoms with van der Waals surface area (Å²) in [5.74, 6) is -0.103. The Kier molecular flexibility index (Phi) is 4.08. The van der Waals surface area contributed by atoms with Crippen molar-refractivity contribution in [1.29, 1.82) is 0 Å². The third-order valence-electron chi connectivity index (χ3n) is 2.97. The minimum atomic E-state index is -3.57. The van der Waals surface area contributed by atoms with Gasteiger partial charge in [-0.3, -0.25) is 0 Å². The van der Waals surface area contributed by atoms with Crippen LogP contribution in [-0.2, 0) is 16.4 Å². The van der Waals surface area contributed by atoms with Crippen molar-refractivity contribution in [2.75, 3.05) is 5.75 Å². The van der Waals surface area contributed by atoms with Crippen LogP contribution in [0.5, 0.6) is 0 Å². The minimum Gasteiger partial charge on any atom is -0.478 e. The zero-order valence-electron chi connectivity index (χ0n) is 11.6. The van der Waals surface area contributed by atoms with Gasteiger partial charge in [0.15, 0.2) is 9.84 Å². The lowest BCUT2D eigenvalue weighted by atomic mass is 10.2.